The molecule has 5 heteroatoms. The fraction of sp³-hybridized carbons (Fsp3) is 0.0377. The summed E-state index contributed by atoms with van der Waals surface area (Å²) in [5.41, 5.74) is 20.8. The van der Waals surface area contributed by atoms with Gasteiger partial charge in [-0.25, -0.2) is 0 Å². The minimum absolute atomic E-state index is 0.121. The Morgan fingerprint density at radius 1 is 0.517 bits per heavy atom. The number of furan rings is 1. The lowest BCUT2D eigenvalue weighted by molar-refractivity contribution is 0.669. The lowest BCUT2D eigenvalue weighted by atomic mass is 9.95. The molecule has 11 rings (SSSR count). The van der Waals surface area contributed by atoms with Gasteiger partial charge in [-0.3, -0.25) is 5.41 Å². The summed E-state index contributed by atoms with van der Waals surface area (Å²) in [6.45, 7) is 2.69. The van der Waals surface area contributed by atoms with Crippen LogP contribution in [0, 0.1) is 12.3 Å². The van der Waals surface area contributed by atoms with Crippen molar-refractivity contribution in [2.45, 2.75) is 13.5 Å². The molecule has 0 amide bonds. The van der Waals surface area contributed by atoms with E-state index in [2.05, 4.69) is 159 Å². The number of fused-ring (bicyclic) bond motifs is 9. The first-order valence-corrected chi connectivity index (χ1v) is 20.2. The second kappa shape index (κ2) is 15.8. The molecular weight excluding hydrogens is 727 g/mol. The largest absolute Gasteiger partial charge is 0.456 e. The molecule has 0 saturated heterocycles. The Bertz CT molecular complexity index is 3250. The zero-order chi connectivity index (χ0) is 39.6. The quantitative estimate of drug-likeness (QED) is 0.0946. The van der Waals surface area contributed by atoms with E-state index in [9.17, 15) is 0 Å². The van der Waals surface area contributed by atoms with Gasteiger partial charge in [-0.1, -0.05) is 151 Å². The minimum Gasteiger partial charge on any atom is -0.456 e. The van der Waals surface area contributed by atoms with E-state index < -0.39 is 0 Å². The molecule has 0 aliphatic carbocycles. The Kier molecular flexibility index (Phi) is 9.98. The molecule has 0 aliphatic rings. The maximum absolute atomic E-state index is 7.01. The summed E-state index contributed by atoms with van der Waals surface area (Å²) >= 11 is 1.87. The molecule has 0 unspecified atom stereocenters. The van der Waals surface area contributed by atoms with E-state index >= 15 is 0 Å². The van der Waals surface area contributed by atoms with E-state index in [1.807, 2.05) is 47.7 Å². The zero-order valence-corrected chi connectivity index (χ0v) is 32.9. The average Bonchev–Trinajstić information content (AvgIpc) is 3.85. The molecule has 0 atom stereocenters. The van der Waals surface area contributed by atoms with Crippen molar-refractivity contribution < 1.29 is 4.42 Å². The van der Waals surface area contributed by atoms with Gasteiger partial charge in [0.2, 0.25) is 0 Å². The van der Waals surface area contributed by atoms with Crippen molar-refractivity contribution in [1.29, 1.82) is 5.41 Å². The van der Waals surface area contributed by atoms with Gasteiger partial charge in [0.25, 0.3) is 0 Å². The van der Waals surface area contributed by atoms with E-state index in [1.165, 1.54) is 69.5 Å². The third kappa shape index (κ3) is 7.21. The summed E-state index contributed by atoms with van der Waals surface area (Å²) < 4.78 is 9.02. The Hall–Kier alpha value is -7.05. The van der Waals surface area contributed by atoms with E-state index in [0.29, 0.717) is 6.54 Å². The monoisotopic (exact) mass is 767 g/mol. The van der Waals surface area contributed by atoms with Gasteiger partial charge in [-0.2, -0.15) is 0 Å². The van der Waals surface area contributed by atoms with E-state index in [-0.39, 0.29) is 5.84 Å². The molecule has 58 heavy (non-hydrogen) atoms. The Balaban J connectivity index is 0.000000154. The van der Waals surface area contributed by atoms with Crippen LogP contribution in [-0.4, -0.2) is 5.84 Å². The van der Waals surface area contributed by atoms with Crippen molar-refractivity contribution in [2.75, 3.05) is 0 Å². The summed E-state index contributed by atoms with van der Waals surface area (Å²) in [5.74, 6) is 0.121. The number of amidine groups is 1. The maximum Gasteiger partial charge on any atom is 0.136 e. The minimum atomic E-state index is 0.121. The van der Waals surface area contributed by atoms with Gasteiger partial charge in [0.1, 0.15) is 17.0 Å². The molecule has 11 aromatic rings. The van der Waals surface area contributed by atoms with Crippen LogP contribution in [0.2, 0.25) is 0 Å². The molecule has 2 aromatic heterocycles. The van der Waals surface area contributed by atoms with Crippen molar-refractivity contribution in [3.63, 3.8) is 0 Å². The van der Waals surface area contributed by atoms with Gasteiger partial charge in [0.15, 0.2) is 0 Å². The average molecular weight is 768 g/mol. The van der Waals surface area contributed by atoms with Gasteiger partial charge in [0, 0.05) is 43.1 Å². The standard InChI is InChI=1S/C33H23NO.C13H10S.C7H8N2/c34-20-21-8-10-23(11-9-21)29-6-3-7-32-33(29)30-19-25(15-17-31(30)35-32)24-14-16-28-26(18-24)13-12-22-4-1-2-5-27(22)28;1-9-6-7-13-11(8-9)10-4-2-3-5-12(10)14-13;8-7(9)6-4-2-1-3-5-6/h1-19H,20,34H2;2-8H,1H3;1-5H,(H3,8,9). The summed E-state index contributed by atoms with van der Waals surface area (Å²) in [4.78, 5) is 0. The fourth-order valence-electron chi connectivity index (χ4n) is 7.72. The van der Waals surface area contributed by atoms with Crippen molar-refractivity contribution in [3.8, 4) is 22.3 Å². The number of hydrogen-bond acceptors (Lipinski definition) is 4. The molecule has 9 aromatic carbocycles. The molecule has 5 N–H and O–H groups in total. The normalized spacial score (nSPS) is 11.1. The van der Waals surface area contributed by atoms with E-state index in [4.69, 9.17) is 21.3 Å². The van der Waals surface area contributed by atoms with Crippen LogP contribution in [0.3, 0.4) is 0 Å². The highest BCUT2D eigenvalue weighted by atomic mass is 32.1. The first kappa shape index (κ1) is 36.6. The van der Waals surface area contributed by atoms with Gasteiger partial charge in [-0.15, -0.1) is 11.3 Å². The predicted molar refractivity (Wildman–Crippen MR) is 249 cm³/mol. The highest BCUT2D eigenvalue weighted by molar-refractivity contribution is 7.25. The Morgan fingerprint density at radius 2 is 1.19 bits per heavy atom. The Morgan fingerprint density at radius 3 is 1.98 bits per heavy atom. The van der Waals surface area contributed by atoms with Gasteiger partial charge >= 0.3 is 0 Å². The van der Waals surface area contributed by atoms with Crippen LogP contribution < -0.4 is 11.5 Å². The highest BCUT2D eigenvalue weighted by Crippen LogP contribution is 2.39. The van der Waals surface area contributed by atoms with Crippen LogP contribution in [0.1, 0.15) is 16.7 Å². The molecular formula is C53H41N3OS. The first-order chi connectivity index (χ1) is 28.4. The SMILES string of the molecule is Cc1ccc2sc3ccccc3c2c1.N=C(N)c1ccccc1.NCc1ccc(-c2cccc3oc4ccc(-c5ccc6c(ccc7ccccc76)c5)cc4c23)cc1. The lowest BCUT2D eigenvalue weighted by Crippen LogP contribution is -2.10. The van der Waals surface area contributed by atoms with Gasteiger partial charge < -0.3 is 15.9 Å². The number of nitrogens with one attached hydrogen (secondary N) is 1. The van der Waals surface area contributed by atoms with Crippen LogP contribution in [0.15, 0.2) is 192 Å². The number of nitrogens with two attached hydrogens (primary N) is 2. The van der Waals surface area contributed by atoms with Crippen LogP contribution in [0.25, 0.3) is 85.9 Å². The first-order valence-electron chi connectivity index (χ1n) is 19.4. The van der Waals surface area contributed by atoms with Crippen molar-refractivity contribution in [1.82, 2.24) is 0 Å². The third-order valence-electron chi connectivity index (χ3n) is 10.7. The van der Waals surface area contributed by atoms with Crippen LogP contribution in [0.5, 0.6) is 0 Å². The summed E-state index contributed by atoms with van der Waals surface area (Å²) in [5, 5.41) is 17.2. The van der Waals surface area contributed by atoms with E-state index in [0.717, 1.165) is 33.1 Å². The van der Waals surface area contributed by atoms with E-state index in [1.54, 1.807) is 0 Å². The molecule has 0 fully saturated rings. The lowest BCUT2D eigenvalue weighted by Gasteiger charge is -2.08. The molecule has 0 aliphatic heterocycles. The van der Waals surface area contributed by atoms with Crippen LogP contribution in [-0.2, 0) is 6.54 Å². The molecule has 280 valence electrons. The second-order valence-electron chi connectivity index (χ2n) is 14.5. The number of benzene rings is 9. The smallest absolute Gasteiger partial charge is 0.136 e. The number of thiophene rings is 1. The zero-order valence-electron chi connectivity index (χ0n) is 32.1. The molecule has 0 bridgehead atoms. The van der Waals surface area contributed by atoms with Crippen molar-refractivity contribution in [2.24, 2.45) is 11.5 Å². The summed E-state index contributed by atoms with van der Waals surface area (Å²) in [6.07, 6.45) is 0. The number of aryl methyl sites for hydroxylation is 1. The fourth-order valence-corrected chi connectivity index (χ4v) is 8.80. The summed E-state index contributed by atoms with van der Waals surface area (Å²) in [6, 6.07) is 65.5. The van der Waals surface area contributed by atoms with Crippen LogP contribution >= 0.6 is 11.3 Å². The number of nitrogen functional groups attached to an aromatic ring is 1. The third-order valence-corrected chi connectivity index (χ3v) is 11.8. The Labute approximate surface area is 341 Å². The summed E-state index contributed by atoms with van der Waals surface area (Å²) in [7, 11) is 0. The predicted octanol–water partition coefficient (Wildman–Crippen LogP) is 14.0. The highest BCUT2D eigenvalue weighted by Gasteiger charge is 2.14. The topological polar surface area (TPSA) is 89.0 Å². The number of rotatable bonds is 4. The molecule has 0 radical (unpaired) electrons. The van der Waals surface area contributed by atoms with Crippen LogP contribution in [0.4, 0.5) is 0 Å². The van der Waals surface area contributed by atoms with Gasteiger partial charge in [-0.05, 0) is 98.8 Å². The van der Waals surface area contributed by atoms with Crippen molar-refractivity contribution >= 4 is 80.8 Å². The molecule has 0 spiro atoms. The molecule has 4 nitrogen and oxygen atoms in total. The van der Waals surface area contributed by atoms with Crippen molar-refractivity contribution in [3.05, 3.63) is 205 Å². The molecule has 2 heterocycles. The second-order valence-corrected chi connectivity index (χ2v) is 15.6. The number of hydrogen-bond donors (Lipinski definition) is 3. The maximum atomic E-state index is 7.01. The molecule has 0 saturated carbocycles. The van der Waals surface area contributed by atoms with Gasteiger partial charge in [0.05, 0.1) is 0 Å².